The van der Waals surface area contributed by atoms with E-state index in [1.165, 1.54) is 26.2 Å². The Morgan fingerprint density at radius 3 is 2.17 bits per heavy atom. The minimum Gasteiger partial charge on any atom is -0.495 e. The van der Waals surface area contributed by atoms with Crippen LogP contribution >= 0.6 is 11.6 Å². The van der Waals surface area contributed by atoms with Crippen molar-refractivity contribution < 1.29 is 23.8 Å². The monoisotopic (exact) mass is 430 g/mol. The summed E-state index contributed by atoms with van der Waals surface area (Å²) < 4.78 is 15.8. The summed E-state index contributed by atoms with van der Waals surface area (Å²) in [4.78, 5) is 27.4. The van der Waals surface area contributed by atoms with Crippen molar-refractivity contribution in [1.82, 2.24) is 4.90 Å². The Bertz CT molecular complexity index is 1020. The first-order valence-corrected chi connectivity index (χ1v) is 9.76. The van der Waals surface area contributed by atoms with Crippen molar-refractivity contribution in [2.45, 2.75) is 13.3 Å². The van der Waals surface area contributed by atoms with E-state index in [1.807, 2.05) is 6.92 Å². The predicted octanol–water partition coefficient (Wildman–Crippen LogP) is 3.97. The quantitative estimate of drug-likeness (QED) is 0.638. The van der Waals surface area contributed by atoms with Crippen LogP contribution < -0.4 is 19.5 Å². The number of nitrogens with one attached hydrogen (secondary N) is 1. The topological polar surface area (TPSA) is 77.1 Å². The molecule has 0 unspecified atom stereocenters. The molecule has 1 aliphatic heterocycles. The van der Waals surface area contributed by atoms with E-state index in [0.29, 0.717) is 46.5 Å². The first-order chi connectivity index (χ1) is 14.4. The second kappa shape index (κ2) is 9.09. The first kappa shape index (κ1) is 21.5. The summed E-state index contributed by atoms with van der Waals surface area (Å²) in [6.45, 7) is 2.23. The second-order valence-corrected chi connectivity index (χ2v) is 6.96. The van der Waals surface area contributed by atoms with Crippen molar-refractivity contribution in [1.29, 1.82) is 0 Å². The molecule has 1 aliphatic rings. The van der Waals surface area contributed by atoms with Crippen LogP contribution in [-0.4, -0.2) is 44.6 Å². The number of carbonyl (C=O) groups is 2. The maximum atomic E-state index is 13.1. The fraction of sp³-hybridized carbons (Fsp3) is 0.273. The number of ether oxygens (including phenoxy) is 3. The van der Waals surface area contributed by atoms with Gasteiger partial charge in [0.1, 0.15) is 11.4 Å². The van der Waals surface area contributed by atoms with Crippen LogP contribution in [0.15, 0.2) is 42.1 Å². The Morgan fingerprint density at radius 2 is 1.57 bits per heavy atom. The molecule has 0 bridgehead atoms. The molecule has 0 fully saturated rings. The lowest BCUT2D eigenvalue weighted by atomic mass is 10.0. The fourth-order valence-corrected chi connectivity index (χ4v) is 3.52. The van der Waals surface area contributed by atoms with Gasteiger partial charge in [-0.05, 0) is 42.3 Å². The smallest absolute Gasteiger partial charge is 0.278 e. The molecule has 0 atom stereocenters. The number of amides is 2. The van der Waals surface area contributed by atoms with Crippen molar-refractivity contribution in [3.05, 3.63) is 52.7 Å². The molecule has 30 heavy (non-hydrogen) atoms. The molecule has 3 rings (SSSR count). The third kappa shape index (κ3) is 3.93. The number of rotatable bonds is 8. The van der Waals surface area contributed by atoms with Crippen LogP contribution in [-0.2, 0) is 9.59 Å². The molecule has 2 aromatic carbocycles. The van der Waals surface area contributed by atoms with Gasteiger partial charge in [-0.15, -0.1) is 0 Å². The minimum absolute atomic E-state index is 0.182. The highest BCUT2D eigenvalue weighted by molar-refractivity contribution is 6.36. The molecule has 8 heteroatoms. The highest BCUT2D eigenvalue weighted by Gasteiger charge is 2.39. The number of imide groups is 1. The summed E-state index contributed by atoms with van der Waals surface area (Å²) in [6, 6.07) is 10.1. The Hall–Kier alpha value is -3.19. The third-order valence-electron chi connectivity index (χ3n) is 4.71. The van der Waals surface area contributed by atoms with E-state index in [4.69, 9.17) is 25.8 Å². The molecule has 2 amide bonds. The number of carbonyl (C=O) groups excluding carboxylic acids is 2. The molecule has 0 saturated carbocycles. The van der Waals surface area contributed by atoms with E-state index >= 15 is 0 Å². The number of methoxy groups -OCH3 is 3. The summed E-state index contributed by atoms with van der Waals surface area (Å²) in [6.07, 6.45) is 0.651. The average molecular weight is 431 g/mol. The molecule has 0 radical (unpaired) electrons. The van der Waals surface area contributed by atoms with E-state index in [-0.39, 0.29) is 17.2 Å². The molecule has 1 heterocycles. The van der Waals surface area contributed by atoms with Crippen LogP contribution in [0.1, 0.15) is 18.9 Å². The van der Waals surface area contributed by atoms with Gasteiger partial charge >= 0.3 is 0 Å². The summed E-state index contributed by atoms with van der Waals surface area (Å²) in [7, 11) is 4.57. The van der Waals surface area contributed by atoms with E-state index < -0.39 is 5.91 Å². The first-order valence-electron chi connectivity index (χ1n) is 9.38. The van der Waals surface area contributed by atoms with Crippen LogP contribution in [0.2, 0.25) is 5.02 Å². The van der Waals surface area contributed by atoms with Gasteiger partial charge in [-0.1, -0.05) is 24.6 Å². The minimum atomic E-state index is -0.390. The van der Waals surface area contributed by atoms with Gasteiger partial charge in [-0.25, -0.2) is 0 Å². The van der Waals surface area contributed by atoms with Crippen LogP contribution in [0.5, 0.6) is 17.2 Å². The molecular formula is C22H23ClN2O5. The number of nitrogens with zero attached hydrogens (tertiary/aromatic N) is 1. The molecule has 7 nitrogen and oxygen atoms in total. The van der Waals surface area contributed by atoms with E-state index in [1.54, 1.807) is 36.4 Å². The van der Waals surface area contributed by atoms with Gasteiger partial charge < -0.3 is 19.5 Å². The van der Waals surface area contributed by atoms with Crippen molar-refractivity contribution in [3.63, 3.8) is 0 Å². The lowest BCUT2D eigenvalue weighted by Crippen LogP contribution is -2.33. The van der Waals surface area contributed by atoms with Gasteiger partial charge in [0.2, 0.25) is 0 Å². The zero-order valence-electron chi connectivity index (χ0n) is 17.2. The van der Waals surface area contributed by atoms with Gasteiger partial charge in [0.05, 0.1) is 31.9 Å². The maximum Gasteiger partial charge on any atom is 0.278 e. The van der Waals surface area contributed by atoms with E-state index in [9.17, 15) is 9.59 Å². The number of anilines is 1. The van der Waals surface area contributed by atoms with Crippen LogP contribution in [0.3, 0.4) is 0 Å². The highest BCUT2D eigenvalue weighted by Crippen LogP contribution is 2.36. The standard InChI is InChI=1S/C22H23ClN2O5/c1-5-10-25-21(26)19(13-6-8-17(29-3)18(11-13)30-4)20(22(25)27)24-14-7-9-16(28-2)15(23)12-14/h6-9,11-12,24H,5,10H2,1-4H3. The van der Waals surface area contributed by atoms with Crippen LogP contribution in [0.25, 0.3) is 5.57 Å². The van der Waals surface area contributed by atoms with E-state index in [2.05, 4.69) is 5.32 Å². The summed E-state index contributed by atoms with van der Waals surface area (Å²) in [5, 5.41) is 3.46. The van der Waals surface area contributed by atoms with Crippen molar-refractivity contribution >= 4 is 34.7 Å². The van der Waals surface area contributed by atoms with Crippen LogP contribution in [0, 0.1) is 0 Å². The maximum absolute atomic E-state index is 13.1. The van der Waals surface area contributed by atoms with Crippen LogP contribution in [0.4, 0.5) is 5.69 Å². The zero-order chi connectivity index (χ0) is 21.8. The van der Waals surface area contributed by atoms with Gasteiger partial charge in [-0.2, -0.15) is 0 Å². The zero-order valence-corrected chi connectivity index (χ0v) is 18.0. The molecular weight excluding hydrogens is 408 g/mol. The number of hydrogen-bond donors (Lipinski definition) is 1. The lowest BCUT2D eigenvalue weighted by Gasteiger charge is -2.14. The van der Waals surface area contributed by atoms with Gasteiger partial charge in [0, 0.05) is 12.2 Å². The second-order valence-electron chi connectivity index (χ2n) is 6.56. The van der Waals surface area contributed by atoms with Gasteiger partial charge in [0.15, 0.2) is 11.5 Å². The summed E-state index contributed by atoms with van der Waals surface area (Å²) in [5.41, 5.74) is 1.56. The van der Waals surface area contributed by atoms with Gasteiger partial charge in [-0.3, -0.25) is 14.5 Å². The van der Waals surface area contributed by atoms with Crippen molar-refractivity contribution in [2.75, 3.05) is 33.2 Å². The molecule has 0 aliphatic carbocycles. The van der Waals surface area contributed by atoms with Gasteiger partial charge in [0.25, 0.3) is 11.8 Å². The Balaban J connectivity index is 2.10. The normalized spacial score (nSPS) is 13.7. The largest absolute Gasteiger partial charge is 0.495 e. The number of hydrogen-bond acceptors (Lipinski definition) is 6. The molecule has 0 aromatic heterocycles. The Kier molecular flexibility index (Phi) is 6.52. The molecule has 1 N–H and O–H groups in total. The van der Waals surface area contributed by atoms with Crippen molar-refractivity contribution in [3.8, 4) is 17.2 Å². The fourth-order valence-electron chi connectivity index (χ4n) is 3.27. The molecule has 0 saturated heterocycles. The SMILES string of the molecule is CCCN1C(=O)C(Nc2ccc(OC)c(Cl)c2)=C(c2ccc(OC)c(OC)c2)C1=O. The molecule has 0 spiro atoms. The summed E-state index contributed by atoms with van der Waals surface area (Å²) in [5.74, 6) is 0.747. The van der Waals surface area contributed by atoms with Crippen molar-refractivity contribution in [2.24, 2.45) is 0 Å². The van der Waals surface area contributed by atoms with E-state index in [0.717, 1.165) is 0 Å². The highest BCUT2D eigenvalue weighted by atomic mass is 35.5. The molecule has 158 valence electrons. The number of halogens is 1. The number of benzene rings is 2. The average Bonchev–Trinajstić information content (AvgIpc) is 2.98. The predicted molar refractivity (Wildman–Crippen MR) is 115 cm³/mol. The Labute approximate surface area is 180 Å². The third-order valence-corrected chi connectivity index (χ3v) is 5.00. The Morgan fingerprint density at radius 1 is 0.900 bits per heavy atom. The summed E-state index contributed by atoms with van der Waals surface area (Å²) >= 11 is 6.21. The molecule has 2 aromatic rings. The lowest BCUT2D eigenvalue weighted by molar-refractivity contribution is -0.136.